The smallest absolute Gasteiger partial charge is 0.221 e. The van der Waals surface area contributed by atoms with Crippen LogP contribution in [-0.2, 0) is 17.1 Å². The van der Waals surface area contributed by atoms with Gasteiger partial charge < -0.3 is 4.48 Å². The summed E-state index contributed by atoms with van der Waals surface area (Å²) in [5.41, 5.74) is 1.00. The number of aromatic nitrogens is 1. The average Bonchev–Trinajstić information content (AvgIpc) is 2.63. The van der Waals surface area contributed by atoms with Gasteiger partial charge in [0.05, 0.1) is 34.2 Å². The van der Waals surface area contributed by atoms with E-state index in [1.54, 1.807) is 23.5 Å². The summed E-state index contributed by atoms with van der Waals surface area (Å²) < 4.78 is 31.0. The average molecular weight is 328 g/mol. The molecule has 2 aromatic rings. The number of nitrogens with one attached hydrogen (secondary N) is 1. The monoisotopic (exact) mass is 328 g/mol. The Balaban J connectivity index is 2.24. The highest BCUT2D eigenvalue weighted by Gasteiger charge is 2.14. The summed E-state index contributed by atoms with van der Waals surface area (Å²) in [5, 5.41) is 1.13. The first-order valence-corrected chi connectivity index (χ1v) is 9.01. The van der Waals surface area contributed by atoms with E-state index in [0.29, 0.717) is 11.0 Å². The van der Waals surface area contributed by atoms with Crippen molar-refractivity contribution >= 4 is 31.6 Å². The third kappa shape index (κ3) is 3.79. The van der Waals surface area contributed by atoms with Crippen LogP contribution in [0.15, 0.2) is 17.0 Å². The van der Waals surface area contributed by atoms with E-state index in [9.17, 15) is 8.42 Å². The van der Waals surface area contributed by atoms with Crippen molar-refractivity contribution in [3.05, 3.63) is 23.2 Å². The molecule has 0 amide bonds. The number of hydrogen-bond donors (Lipinski definition) is 1. The van der Waals surface area contributed by atoms with Crippen LogP contribution >= 0.6 is 11.3 Å². The predicted molar refractivity (Wildman–Crippen MR) is 84.7 cm³/mol. The van der Waals surface area contributed by atoms with Crippen LogP contribution in [0.25, 0.3) is 10.2 Å². The van der Waals surface area contributed by atoms with Gasteiger partial charge in [0.1, 0.15) is 12.6 Å². The molecule has 21 heavy (non-hydrogen) atoms. The summed E-state index contributed by atoms with van der Waals surface area (Å²) in [6.45, 7) is 3.15. The topological polar surface area (TPSA) is 50.1 Å². The molecule has 0 spiro atoms. The van der Waals surface area contributed by atoms with Crippen LogP contribution in [0.2, 0.25) is 0 Å². The molecule has 0 bridgehead atoms. The van der Waals surface area contributed by atoms with Crippen molar-refractivity contribution in [2.75, 3.05) is 34.2 Å². The van der Waals surface area contributed by atoms with E-state index >= 15 is 0 Å². The normalized spacial score (nSPS) is 13.0. The lowest BCUT2D eigenvalue weighted by Gasteiger charge is -2.24. The molecule has 116 valence electrons. The van der Waals surface area contributed by atoms with E-state index in [-0.39, 0.29) is 4.90 Å². The molecule has 1 aromatic carbocycles. The molecule has 0 unspecified atom stereocenters. The van der Waals surface area contributed by atoms with Crippen molar-refractivity contribution in [2.24, 2.45) is 7.05 Å². The van der Waals surface area contributed by atoms with E-state index in [1.807, 2.05) is 39.7 Å². The summed E-state index contributed by atoms with van der Waals surface area (Å²) in [4.78, 5) is 0.207. The Morgan fingerprint density at radius 3 is 2.67 bits per heavy atom. The zero-order chi connectivity index (χ0) is 15.8. The Morgan fingerprint density at radius 2 is 2.05 bits per heavy atom. The molecule has 1 heterocycles. The number of rotatable bonds is 5. The molecule has 7 heteroatoms. The molecular formula is C14H22N3O2S2+. The van der Waals surface area contributed by atoms with Crippen LogP contribution in [0.3, 0.4) is 0 Å². The Kier molecular flexibility index (Phi) is 4.39. The van der Waals surface area contributed by atoms with E-state index in [0.717, 1.165) is 21.8 Å². The number of sulfonamides is 1. The Bertz CT molecular complexity index is 758. The lowest BCUT2D eigenvalue weighted by molar-refractivity contribution is -0.869. The fourth-order valence-corrected chi connectivity index (χ4v) is 4.04. The Morgan fingerprint density at radius 1 is 1.38 bits per heavy atom. The molecule has 0 aliphatic rings. The van der Waals surface area contributed by atoms with Crippen LogP contribution in [-0.4, -0.2) is 47.1 Å². The second-order valence-electron chi connectivity index (χ2n) is 6.14. The second-order valence-corrected chi connectivity index (χ2v) is 9.11. The summed E-state index contributed by atoms with van der Waals surface area (Å²) >= 11 is 1.58. The van der Waals surface area contributed by atoms with Crippen molar-refractivity contribution in [1.82, 2.24) is 4.72 Å². The fraction of sp³-hybridized carbons (Fsp3) is 0.500. The van der Waals surface area contributed by atoms with Crippen LogP contribution < -0.4 is 9.29 Å². The zero-order valence-corrected chi connectivity index (χ0v) is 14.7. The Hall–Kier alpha value is -1.02. The maximum Gasteiger partial charge on any atom is 0.221 e. The minimum Gasteiger partial charge on any atom is -0.330 e. The number of quaternary nitrogens is 1. The summed E-state index contributed by atoms with van der Waals surface area (Å²) in [7, 11) is 4.56. The fourth-order valence-electron chi connectivity index (χ4n) is 1.93. The van der Waals surface area contributed by atoms with Crippen LogP contribution in [0.4, 0.5) is 0 Å². The maximum atomic E-state index is 12.3. The van der Waals surface area contributed by atoms with Gasteiger partial charge in [-0.15, -0.1) is 12.1 Å². The van der Waals surface area contributed by atoms with Crippen LogP contribution in [0, 0.1) is 13.0 Å². The molecule has 0 saturated heterocycles. The highest BCUT2D eigenvalue weighted by Crippen LogP contribution is 2.22. The van der Waals surface area contributed by atoms with Crippen molar-refractivity contribution < 1.29 is 17.5 Å². The number of benzene rings is 1. The lowest BCUT2D eigenvalue weighted by atomic mass is 10.3. The molecule has 2 rings (SSSR count). The van der Waals surface area contributed by atoms with E-state index in [4.69, 9.17) is 0 Å². The summed E-state index contributed by atoms with van der Waals surface area (Å²) in [5.74, 6) is 0. The highest BCUT2D eigenvalue weighted by atomic mass is 32.2. The molecule has 1 aromatic heterocycles. The van der Waals surface area contributed by atoms with Gasteiger partial charge in [0.25, 0.3) is 0 Å². The maximum absolute atomic E-state index is 12.3. The van der Waals surface area contributed by atoms with Crippen molar-refractivity contribution in [2.45, 2.75) is 11.8 Å². The first kappa shape index (κ1) is 16.4. The number of likely N-dealkylation sites (N-methyl/N-ethyl adjacent to an activating group) is 1. The third-order valence-electron chi connectivity index (χ3n) is 3.32. The van der Waals surface area contributed by atoms with Crippen molar-refractivity contribution in [3.63, 3.8) is 0 Å². The van der Waals surface area contributed by atoms with Crippen LogP contribution in [0.5, 0.6) is 0 Å². The van der Waals surface area contributed by atoms with E-state index < -0.39 is 10.0 Å². The molecule has 0 atom stereocenters. The van der Waals surface area contributed by atoms with Gasteiger partial charge >= 0.3 is 0 Å². The van der Waals surface area contributed by atoms with Crippen molar-refractivity contribution in [1.29, 1.82) is 0 Å². The lowest BCUT2D eigenvalue weighted by Crippen LogP contribution is -2.41. The van der Waals surface area contributed by atoms with Gasteiger partial charge in [-0.3, -0.25) is 0 Å². The first-order chi connectivity index (χ1) is 9.60. The number of aryl methyl sites for hydroxylation is 2. The molecule has 5 nitrogen and oxygen atoms in total. The number of fused-ring (bicyclic) bond motifs is 1. The summed E-state index contributed by atoms with van der Waals surface area (Å²) in [6.07, 6.45) is 0. The quantitative estimate of drug-likeness (QED) is 0.502. The predicted octanol–water partition coefficient (Wildman–Crippen LogP) is 0.819. The van der Waals surface area contributed by atoms with Gasteiger partial charge in [-0.2, -0.15) is 6.07 Å². The van der Waals surface area contributed by atoms with Crippen molar-refractivity contribution in [3.8, 4) is 0 Å². The molecule has 0 radical (unpaired) electrons. The van der Waals surface area contributed by atoms with E-state index in [1.165, 1.54) is 0 Å². The second kappa shape index (κ2) is 5.64. The molecule has 0 fully saturated rings. The van der Waals surface area contributed by atoms with Gasteiger partial charge in [0, 0.05) is 6.92 Å². The van der Waals surface area contributed by atoms with E-state index in [2.05, 4.69) is 10.8 Å². The van der Waals surface area contributed by atoms with Gasteiger partial charge in [0.15, 0.2) is 0 Å². The zero-order valence-electron chi connectivity index (χ0n) is 13.1. The minimum atomic E-state index is -3.50. The SMILES string of the molecule is Cc1sc2cc(S(=O)(=O)NCC[N+](C)(C)C)[c-]cc2[n+]1C. The van der Waals surface area contributed by atoms with Gasteiger partial charge in [-0.05, 0) is 9.60 Å². The molecule has 1 N–H and O–H groups in total. The standard InChI is InChI=1S/C14H22N3O2S2/c1-11-16(2)13-7-6-12(10-14(13)20-11)21(18,19)15-8-9-17(3,4)5/h7,10,15H,8-9H2,1-5H3/q+1. The number of nitrogens with zero attached hydrogens (tertiary/aromatic N) is 2. The van der Waals surface area contributed by atoms with Gasteiger partial charge in [-0.25, -0.2) is 17.7 Å². The summed E-state index contributed by atoms with van der Waals surface area (Å²) in [6, 6.07) is 6.32. The Labute approximate surface area is 130 Å². The molecule has 0 aliphatic heterocycles. The molecular weight excluding hydrogens is 306 g/mol. The largest absolute Gasteiger partial charge is 0.330 e. The number of thiazole rings is 1. The highest BCUT2D eigenvalue weighted by molar-refractivity contribution is 7.89. The number of hydrogen-bond acceptors (Lipinski definition) is 3. The van der Waals surface area contributed by atoms with Gasteiger partial charge in [0.2, 0.25) is 15.0 Å². The molecule has 0 saturated carbocycles. The van der Waals surface area contributed by atoms with Gasteiger partial charge in [-0.1, -0.05) is 11.3 Å². The minimum absolute atomic E-state index is 0.207. The third-order valence-corrected chi connectivity index (χ3v) is 5.84. The van der Waals surface area contributed by atoms with Crippen LogP contribution in [0.1, 0.15) is 5.01 Å². The first-order valence-electron chi connectivity index (χ1n) is 6.71. The molecule has 0 aliphatic carbocycles.